The van der Waals surface area contributed by atoms with Gasteiger partial charge >= 0.3 is 12.1 Å². The van der Waals surface area contributed by atoms with Crippen LogP contribution in [0.5, 0.6) is 0 Å². The standard InChI is InChI=1S/C10H16N2O4/c1-5-15-8(13)6-7-11-12-9(14)16-10(2,3)4/h6-7H,5H2,1-4H3/b7-6+,12-11?. The fraction of sp³-hybridized carbons (Fsp3) is 0.600. The molecule has 16 heavy (non-hydrogen) atoms. The first-order valence-corrected chi connectivity index (χ1v) is 4.82. The first-order valence-electron chi connectivity index (χ1n) is 4.82. The van der Waals surface area contributed by atoms with Gasteiger partial charge in [-0.25, -0.2) is 9.59 Å². The molecular weight excluding hydrogens is 212 g/mol. The van der Waals surface area contributed by atoms with E-state index in [1.165, 1.54) is 0 Å². The van der Waals surface area contributed by atoms with Crippen molar-refractivity contribution < 1.29 is 19.1 Å². The van der Waals surface area contributed by atoms with E-state index in [0.29, 0.717) is 0 Å². The zero-order valence-corrected chi connectivity index (χ0v) is 9.89. The van der Waals surface area contributed by atoms with Gasteiger partial charge in [-0.2, -0.15) is 5.11 Å². The van der Waals surface area contributed by atoms with Crippen LogP contribution in [-0.4, -0.2) is 24.3 Å². The molecule has 0 fully saturated rings. The van der Waals surface area contributed by atoms with E-state index < -0.39 is 17.7 Å². The van der Waals surface area contributed by atoms with Crippen molar-refractivity contribution >= 4 is 12.1 Å². The van der Waals surface area contributed by atoms with Crippen LogP contribution in [-0.2, 0) is 14.3 Å². The lowest BCUT2D eigenvalue weighted by molar-refractivity contribution is -0.137. The Morgan fingerprint density at radius 3 is 2.44 bits per heavy atom. The minimum absolute atomic E-state index is 0.284. The Morgan fingerprint density at radius 1 is 1.31 bits per heavy atom. The maximum absolute atomic E-state index is 11.0. The van der Waals surface area contributed by atoms with Crippen LogP contribution >= 0.6 is 0 Å². The first-order chi connectivity index (χ1) is 7.35. The third-order valence-corrected chi connectivity index (χ3v) is 1.10. The second-order valence-electron chi connectivity index (χ2n) is 3.76. The van der Waals surface area contributed by atoms with E-state index in [4.69, 9.17) is 4.74 Å². The zero-order chi connectivity index (χ0) is 12.6. The molecule has 0 aromatic heterocycles. The highest BCUT2D eigenvalue weighted by molar-refractivity contribution is 5.81. The van der Waals surface area contributed by atoms with Crippen molar-refractivity contribution in [3.05, 3.63) is 12.3 Å². The SMILES string of the molecule is CCOC(=O)/C=C/N=NC(=O)OC(C)(C)C. The van der Waals surface area contributed by atoms with E-state index in [9.17, 15) is 9.59 Å². The van der Waals surface area contributed by atoms with Crippen LogP contribution in [0.3, 0.4) is 0 Å². The Kier molecular flexibility index (Phi) is 5.99. The van der Waals surface area contributed by atoms with Gasteiger partial charge in [0.15, 0.2) is 0 Å². The highest BCUT2D eigenvalue weighted by atomic mass is 16.6. The van der Waals surface area contributed by atoms with Gasteiger partial charge in [0.25, 0.3) is 0 Å². The predicted molar refractivity (Wildman–Crippen MR) is 56.9 cm³/mol. The Balaban J connectivity index is 4.01. The summed E-state index contributed by atoms with van der Waals surface area (Å²) in [5.74, 6) is -0.536. The number of rotatable bonds is 3. The summed E-state index contributed by atoms with van der Waals surface area (Å²) in [5.41, 5.74) is -0.610. The third-order valence-electron chi connectivity index (χ3n) is 1.10. The van der Waals surface area contributed by atoms with Crippen molar-refractivity contribution in [3.63, 3.8) is 0 Å². The Morgan fingerprint density at radius 2 is 1.94 bits per heavy atom. The third kappa shape index (κ3) is 8.86. The number of ether oxygens (including phenoxy) is 2. The average Bonchev–Trinajstić information content (AvgIpc) is 2.10. The average molecular weight is 228 g/mol. The Hall–Kier alpha value is -1.72. The molecule has 0 aromatic carbocycles. The monoisotopic (exact) mass is 228 g/mol. The van der Waals surface area contributed by atoms with Crippen molar-refractivity contribution in [3.8, 4) is 0 Å². The summed E-state index contributed by atoms with van der Waals surface area (Å²) in [6.07, 6.45) is 1.33. The predicted octanol–water partition coefficient (Wildman–Crippen LogP) is 2.45. The largest absolute Gasteiger partial charge is 0.463 e. The molecule has 0 spiro atoms. The van der Waals surface area contributed by atoms with Crippen molar-refractivity contribution in [1.29, 1.82) is 0 Å². The smallest absolute Gasteiger partial charge is 0.452 e. The highest BCUT2D eigenvalue weighted by Crippen LogP contribution is 2.07. The molecule has 0 bridgehead atoms. The van der Waals surface area contributed by atoms with Crippen molar-refractivity contribution in [2.24, 2.45) is 10.2 Å². The quantitative estimate of drug-likeness (QED) is 0.422. The van der Waals surface area contributed by atoms with Crippen LogP contribution < -0.4 is 0 Å². The van der Waals surface area contributed by atoms with Gasteiger partial charge in [0.05, 0.1) is 12.8 Å². The molecule has 6 heteroatoms. The summed E-state index contributed by atoms with van der Waals surface area (Å²) in [6, 6.07) is 0. The number of hydrogen-bond acceptors (Lipinski definition) is 5. The molecule has 0 saturated carbocycles. The van der Waals surface area contributed by atoms with Crippen molar-refractivity contribution in [1.82, 2.24) is 0 Å². The number of carbonyl (C=O) groups excluding carboxylic acids is 2. The van der Waals surface area contributed by atoms with Gasteiger partial charge in [-0.15, -0.1) is 0 Å². The number of esters is 1. The van der Waals surface area contributed by atoms with Gasteiger partial charge < -0.3 is 9.47 Å². The second kappa shape index (κ2) is 6.71. The van der Waals surface area contributed by atoms with Gasteiger partial charge in [-0.05, 0) is 27.7 Å². The lowest BCUT2D eigenvalue weighted by Crippen LogP contribution is -2.21. The van der Waals surface area contributed by atoms with E-state index in [-0.39, 0.29) is 6.61 Å². The summed E-state index contributed by atoms with van der Waals surface area (Å²) >= 11 is 0. The molecule has 0 aliphatic rings. The van der Waals surface area contributed by atoms with Crippen LogP contribution in [0.25, 0.3) is 0 Å². The first kappa shape index (κ1) is 14.3. The van der Waals surface area contributed by atoms with Gasteiger partial charge in [0.2, 0.25) is 0 Å². The van der Waals surface area contributed by atoms with E-state index >= 15 is 0 Å². The molecule has 6 nitrogen and oxygen atoms in total. The van der Waals surface area contributed by atoms with Gasteiger partial charge in [0, 0.05) is 6.08 Å². The lowest BCUT2D eigenvalue weighted by Gasteiger charge is -2.16. The molecule has 0 atom stereocenters. The Bertz CT molecular complexity index is 302. The van der Waals surface area contributed by atoms with Gasteiger partial charge in [0.1, 0.15) is 5.60 Å². The molecule has 0 aromatic rings. The molecule has 90 valence electrons. The molecular formula is C10H16N2O4. The van der Waals surface area contributed by atoms with E-state index in [2.05, 4.69) is 15.0 Å². The molecule has 0 aliphatic heterocycles. The van der Waals surface area contributed by atoms with Crippen LogP contribution in [0.1, 0.15) is 27.7 Å². The summed E-state index contributed by atoms with van der Waals surface area (Å²) in [5, 5.41) is 6.56. The fourth-order valence-electron chi connectivity index (χ4n) is 0.647. The van der Waals surface area contributed by atoms with Crippen molar-refractivity contribution in [2.45, 2.75) is 33.3 Å². The molecule has 0 saturated heterocycles. The maximum Gasteiger partial charge on any atom is 0.452 e. The number of carbonyl (C=O) groups is 2. The summed E-state index contributed by atoms with van der Waals surface area (Å²) in [7, 11) is 0. The fourth-order valence-corrected chi connectivity index (χ4v) is 0.647. The zero-order valence-electron chi connectivity index (χ0n) is 9.89. The van der Waals surface area contributed by atoms with Gasteiger partial charge in [-0.3, -0.25) is 0 Å². The molecule has 0 heterocycles. The number of azo groups is 1. The van der Waals surface area contributed by atoms with E-state index in [1.807, 2.05) is 0 Å². The van der Waals surface area contributed by atoms with E-state index in [1.54, 1.807) is 27.7 Å². The molecule has 0 unspecified atom stereocenters. The van der Waals surface area contributed by atoms with Gasteiger partial charge in [-0.1, -0.05) is 5.11 Å². The molecule has 0 radical (unpaired) electrons. The molecule has 1 amide bonds. The molecule has 0 N–H and O–H groups in total. The number of hydrogen-bond donors (Lipinski definition) is 0. The van der Waals surface area contributed by atoms with Crippen molar-refractivity contribution in [2.75, 3.05) is 6.61 Å². The van der Waals surface area contributed by atoms with Crippen LogP contribution in [0.4, 0.5) is 4.79 Å². The summed E-state index contributed by atoms with van der Waals surface area (Å²) < 4.78 is 9.43. The summed E-state index contributed by atoms with van der Waals surface area (Å²) in [6.45, 7) is 7.12. The number of nitrogens with zero attached hydrogens (tertiary/aromatic N) is 2. The Labute approximate surface area is 94.3 Å². The molecule has 0 aliphatic carbocycles. The maximum atomic E-state index is 11.0. The van der Waals surface area contributed by atoms with Crippen LogP contribution in [0.2, 0.25) is 0 Å². The highest BCUT2D eigenvalue weighted by Gasteiger charge is 2.15. The minimum atomic E-state index is -0.805. The second-order valence-corrected chi connectivity index (χ2v) is 3.76. The lowest BCUT2D eigenvalue weighted by atomic mass is 10.2. The number of amides is 1. The van der Waals surface area contributed by atoms with Crippen LogP contribution in [0, 0.1) is 0 Å². The molecule has 0 rings (SSSR count). The normalized spacial score (nSPS) is 12.0. The van der Waals surface area contributed by atoms with E-state index in [0.717, 1.165) is 12.3 Å². The minimum Gasteiger partial charge on any atom is -0.463 e. The topological polar surface area (TPSA) is 77.3 Å². The van der Waals surface area contributed by atoms with Crippen LogP contribution in [0.15, 0.2) is 22.5 Å². The summed E-state index contributed by atoms with van der Waals surface area (Å²) in [4.78, 5) is 21.8.